The van der Waals surface area contributed by atoms with Gasteiger partial charge in [0.05, 0.1) is 12.7 Å². The van der Waals surface area contributed by atoms with Crippen LogP contribution in [0.2, 0.25) is 0 Å². The number of benzene rings is 1. The molecule has 1 rings (SSSR count). The number of nitrogens with one attached hydrogen (secondary N) is 1. The third-order valence-corrected chi connectivity index (χ3v) is 2.46. The highest BCUT2D eigenvalue weighted by Gasteiger charge is 2.13. The van der Waals surface area contributed by atoms with Crippen LogP contribution in [-0.2, 0) is 4.74 Å². The van der Waals surface area contributed by atoms with Gasteiger partial charge in [-0.25, -0.2) is 8.78 Å². The van der Waals surface area contributed by atoms with Crippen LogP contribution in [-0.4, -0.2) is 31.5 Å². The number of anilines is 2. The van der Waals surface area contributed by atoms with E-state index >= 15 is 0 Å². The minimum absolute atomic E-state index is 0.128. The highest BCUT2D eigenvalue weighted by molar-refractivity contribution is 5.58. The number of alkyl halides is 2. The van der Waals surface area contributed by atoms with Crippen molar-refractivity contribution in [1.82, 2.24) is 0 Å². The molecule has 0 aliphatic rings. The van der Waals surface area contributed by atoms with Gasteiger partial charge in [-0.05, 0) is 24.6 Å². The van der Waals surface area contributed by atoms with E-state index in [0.29, 0.717) is 24.3 Å². The Kier molecular flexibility index (Phi) is 5.80. The number of hydrogen-bond acceptors (Lipinski definition) is 4. The summed E-state index contributed by atoms with van der Waals surface area (Å²) in [4.78, 5) is 0. The first-order chi connectivity index (χ1) is 8.54. The number of aliphatic hydroxyl groups excluding tert-OH is 1. The van der Waals surface area contributed by atoms with Gasteiger partial charge in [0.25, 0.3) is 6.43 Å². The SMILES string of the molecule is COCC(O)CCNc1ccc(N)cc1C(F)F. The summed E-state index contributed by atoms with van der Waals surface area (Å²) < 4.78 is 30.3. The van der Waals surface area contributed by atoms with Gasteiger partial charge in [-0.1, -0.05) is 0 Å². The third kappa shape index (κ3) is 4.46. The maximum Gasteiger partial charge on any atom is 0.265 e. The molecule has 0 heterocycles. The molecule has 0 fully saturated rings. The maximum atomic E-state index is 12.7. The molecular formula is C12H18F2N2O2. The molecule has 4 N–H and O–H groups in total. The van der Waals surface area contributed by atoms with E-state index < -0.39 is 12.5 Å². The van der Waals surface area contributed by atoms with Crippen LogP contribution < -0.4 is 11.1 Å². The molecule has 102 valence electrons. The van der Waals surface area contributed by atoms with E-state index in [4.69, 9.17) is 10.5 Å². The van der Waals surface area contributed by atoms with E-state index in [2.05, 4.69) is 5.32 Å². The quantitative estimate of drug-likeness (QED) is 0.656. The molecule has 1 atom stereocenters. The molecule has 1 unspecified atom stereocenters. The minimum Gasteiger partial charge on any atom is -0.399 e. The summed E-state index contributed by atoms with van der Waals surface area (Å²) in [5.74, 6) is 0. The van der Waals surface area contributed by atoms with Gasteiger partial charge in [0.15, 0.2) is 0 Å². The molecule has 0 bridgehead atoms. The molecule has 0 aliphatic carbocycles. The summed E-state index contributed by atoms with van der Waals surface area (Å²) in [6, 6.07) is 4.32. The number of hydrogen-bond donors (Lipinski definition) is 3. The summed E-state index contributed by atoms with van der Waals surface area (Å²) in [5.41, 5.74) is 5.97. The second-order valence-corrected chi connectivity index (χ2v) is 3.97. The van der Waals surface area contributed by atoms with Crippen LogP contribution in [0.4, 0.5) is 20.2 Å². The normalized spacial score (nSPS) is 12.7. The predicted molar refractivity (Wildman–Crippen MR) is 66.8 cm³/mol. The fourth-order valence-corrected chi connectivity index (χ4v) is 1.57. The monoisotopic (exact) mass is 260 g/mol. The van der Waals surface area contributed by atoms with Gasteiger partial charge in [0.1, 0.15) is 0 Å². The van der Waals surface area contributed by atoms with Crippen LogP contribution in [0.15, 0.2) is 18.2 Å². The molecule has 1 aromatic rings. The average molecular weight is 260 g/mol. The van der Waals surface area contributed by atoms with E-state index in [1.54, 1.807) is 6.07 Å². The van der Waals surface area contributed by atoms with Crippen molar-refractivity contribution >= 4 is 11.4 Å². The van der Waals surface area contributed by atoms with Crippen molar-refractivity contribution in [1.29, 1.82) is 0 Å². The average Bonchev–Trinajstić information content (AvgIpc) is 2.31. The zero-order valence-electron chi connectivity index (χ0n) is 10.2. The van der Waals surface area contributed by atoms with E-state index in [1.165, 1.54) is 19.2 Å². The van der Waals surface area contributed by atoms with Crippen LogP contribution in [0.1, 0.15) is 18.4 Å². The van der Waals surface area contributed by atoms with Gasteiger partial charge >= 0.3 is 0 Å². The molecular weight excluding hydrogens is 242 g/mol. The summed E-state index contributed by atoms with van der Waals surface area (Å²) in [6.45, 7) is 0.610. The Hall–Kier alpha value is -1.40. The van der Waals surface area contributed by atoms with Crippen LogP contribution in [0, 0.1) is 0 Å². The Bertz CT molecular complexity index is 375. The van der Waals surface area contributed by atoms with E-state index in [1.807, 2.05) is 0 Å². The lowest BCUT2D eigenvalue weighted by Crippen LogP contribution is -2.18. The Balaban J connectivity index is 2.56. The number of methoxy groups -OCH3 is 1. The lowest BCUT2D eigenvalue weighted by atomic mass is 10.1. The van der Waals surface area contributed by atoms with Crippen LogP contribution >= 0.6 is 0 Å². The van der Waals surface area contributed by atoms with E-state index in [-0.39, 0.29) is 12.2 Å². The first-order valence-corrected chi connectivity index (χ1v) is 5.63. The zero-order valence-corrected chi connectivity index (χ0v) is 10.2. The Labute approximate surface area is 105 Å². The smallest absolute Gasteiger partial charge is 0.265 e. The minimum atomic E-state index is -2.58. The van der Waals surface area contributed by atoms with Crippen molar-refractivity contribution < 1.29 is 18.6 Å². The van der Waals surface area contributed by atoms with E-state index in [9.17, 15) is 13.9 Å². The Morgan fingerprint density at radius 1 is 1.44 bits per heavy atom. The molecule has 4 nitrogen and oxygen atoms in total. The third-order valence-electron chi connectivity index (χ3n) is 2.46. The van der Waals surface area contributed by atoms with Gasteiger partial charge in [-0.15, -0.1) is 0 Å². The van der Waals surface area contributed by atoms with Crippen molar-refractivity contribution in [3.05, 3.63) is 23.8 Å². The summed E-state index contributed by atoms with van der Waals surface area (Å²) in [6.07, 6.45) is -2.77. The lowest BCUT2D eigenvalue weighted by molar-refractivity contribution is 0.0615. The molecule has 6 heteroatoms. The zero-order chi connectivity index (χ0) is 13.5. The summed E-state index contributed by atoms with van der Waals surface area (Å²) in [5, 5.41) is 12.3. The molecule has 0 aromatic heterocycles. The first kappa shape index (κ1) is 14.7. The number of ether oxygens (including phenoxy) is 1. The second kappa shape index (κ2) is 7.13. The van der Waals surface area contributed by atoms with E-state index in [0.717, 1.165) is 0 Å². The number of halogens is 2. The molecule has 1 aromatic carbocycles. The molecule has 0 aliphatic heterocycles. The summed E-state index contributed by atoms with van der Waals surface area (Å²) >= 11 is 0. The summed E-state index contributed by atoms with van der Waals surface area (Å²) in [7, 11) is 1.49. The molecule has 0 saturated carbocycles. The number of rotatable bonds is 7. The van der Waals surface area contributed by atoms with Crippen molar-refractivity contribution in [2.24, 2.45) is 0 Å². The Morgan fingerprint density at radius 3 is 2.78 bits per heavy atom. The molecule has 0 saturated heterocycles. The molecule has 0 amide bonds. The largest absolute Gasteiger partial charge is 0.399 e. The fraction of sp³-hybridized carbons (Fsp3) is 0.500. The first-order valence-electron chi connectivity index (χ1n) is 5.63. The van der Waals surface area contributed by atoms with Gasteiger partial charge in [-0.2, -0.15) is 0 Å². The fourth-order valence-electron chi connectivity index (χ4n) is 1.57. The van der Waals surface area contributed by atoms with Gasteiger partial charge in [0.2, 0.25) is 0 Å². The Morgan fingerprint density at radius 2 is 2.17 bits per heavy atom. The van der Waals surface area contributed by atoms with Crippen LogP contribution in [0.5, 0.6) is 0 Å². The van der Waals surface area contributed by atoms with Crippen LogP contribution in [0.3, 0.4) is 0 Å². The predicted octanol–water partition coefficient (Wildman–Crippen LogP) is 2.02. The van der Waals surface area contributed by atoms with Crippen molar-refractivity contribution in [2.75, 3.05) is 31.3 Å². The number of nitrogens with two attached hydrogens (primary N) is 1. The van der Waals surface area contributed by atoms with Crippen molar-refractivity contribution in [2.45, 2.75) is 19.0 Å². The molecule has 0 radical (unpaired) electrons. The topological polar surface area (TPSA) is 67.5 Å². The van der Waals surface area contributed by atoms with Crippen LogP contribution in [0.25, 0.3) is 0 Å². The number of nitrogen functional groups attached to an aromatic ring is 1. The molecule has 0 spiro atoms. The highest BCUT2D eigenvalue weighted by atomic mass is 19.3. The highest BCUT2D eigenvalue weighted by Crippen LogP contribution is 2.28. The maximum absolute atomic E-state index is 12.7. The van der Waals surface area contributed by atoms with Gasteiger partial charge in [0, 0.05) is 30.6 Å². The standard InChI is InChI=1S/C12H18F2N2O2/c1-18-7-9(17)4-5-16-11-3-2-8(15)6-10(11)12(13)14/h2-3,6,9,12,16-17H,4-5,7,15H2,1H3. The second-order valence-electron chi connectivity index (χ2n) is 3.97. The van der Waals surface area contributed by atoms with Gasteiger partial charge in [-0.3, -0.25) is 0 Å². The van der Waals surface area contributed by atoms with Crippen molar-refractivity contribution in [3.63, 3.8) is 0 Å². The van der Waals surface area contributed by atoms with Crippen molar-refractivity contribution in [3.8, 4) is 0 Å². The van der Waals surface area contributed by atoms with Gasteiger partial charge < -0.3 is 20.9 Å². The lowest BCUT2D eigenvalue weighted by Gasteiger charge is -2.14. The number of aliphatic hydroxyl groups is 1. The molecule has 18 heavy (non-hydrogen) atoms.